The molecule has 1 aliphatic carbocycles. The van der Waals surface area contributed by atoms with Gasteiger partial charge in [-0.25, -0.2) is 9.79 Å². The van der Waals surface area contributed by atoms with Gasteiger partial charge in [0, 0.05) is 46.6 Å². The first-order valence-electron chi connectivity index (χ1n) is 15.7. The predicted molar refractivity (Wildman–Crippen MR) is 179 cm³/mol. The number of thioether (sulfide) groups is 1. The summed E-state index contributed by atoms with van der Waals surface area (Å²) in [5, 5.41) is 5.21. The molecule has 15 nitrogen and oxygen atoms in total. The zero-order valence-electron chi connectivity index (χ0n) is 28.2. The molecule has 2 aliphatic rings. The molecule has 1 heterocycles. The highest BCUT2D eigenvalue weighted by Crippen LogP contribution is 2.44. The number of hydrogen-bond acceptors (Lipinski definition) is 14. The number of benzene rings is 2. The SMILES string of the molecule is CS/C(=N/C1O[C@H](COC(C)=O)[C@H](OC(C)=O)[C@H](OC(C)=O)[C@H]1OC(C)=O)NC(=O)CCNC(=O)OCC1c2ccccc2-c2ccccc21. The van der Waals surface area contributed by atoms with Crippen LogP contribution in [0.4, 0.5) is 4.79 Å². The van der Waals surface area contributed by atoms with E-state index in [1.165, 1.54) is 0 Å². The highest BCUT2D eigenvalue weighted by atomic mass is 32.2. The topological polar surface area (TPSA) is 194 Å². The summed E-state index contributed by atoms with van der Waals surface area (Å²) < 4.78 is 32.7. The number of amidine groups is 1. The summed E-state index contributed by atoms with van der Waals surface area (Å²) in [4.78, 5) is 77.5. The van der Waals surface area contributed by atoms with Crippen LogP contribution in [0.25, 0.3) is 11.1 Å². The van der Waals surface area contributed by atoms with Crippen LogP contribution in [0.3, 0.4) is 0 Å². The van der Waals surface area contributed by atoms with E-state index in [-0.39, 0.29) is 30.7 Å². The maximum Gasteiger partial charge on any atom is 0.407 e. The van der Waals surface area contributed by atoms with Crippen LogP contribution in [-0.2, 0) is 52.4 Å². The molecule has 1 unspecified atom stereocenters. The minimum Gasteiger partial charge on any atom is -0.463 e. The zero-order chi connectivity index (χ0) is 36.4. The Morgan fingerprint density at radius 1 is 0.740 bits per heavy atom. The van der Waals surface area contributed by atoms with E-state index < -0.39 is 73.1 Å². The summed E-state index contributed by atoms with van der Waals surface area (Å²) in [6, 6.07) is 15.9. The van der Waals surface area contributed by atoms with Gasteiger partial charge in [0.2, 0.25) is 5.91 Å². The molecular formula is C34H39N3O12S. The van der Waals surface area contributed by atoms with Crippen molar-refractivity contribution in [3.63, 3.8) is 0 Å². The summed E-state index contributed by atoms with van der Waals surface area (Å²) in [6.07, 6.45) is -6.02. The number of alkyl carbamates (subject to hydrolysis) is 1. The van der Waals surface area contributed by atoms with Crippen molar-refractivity contribution in [2.75, 3.05) is 26.0 Å². The predicted octanol–water partition coefficient (Wildman–Crippen LogP) is 2.83. The number of rotatable bonds is 11. The van der Waals surface area contributed by atoms with Gasteiger partial charge in [-0.15, -0.1) is 0 Å². The van der Waals surface area contributed by atoms with E-state index in [0.717, 1.165) is 61.7 Å². The molecule has 2 aromatic rings. The maximum absolute atomic E-state index is 12.9. The largest absolute Gasteiger partial charge is 0.463 e. The molecule has 268 valence electrons. The lowest BCUT2D eigenvalue weighted by Crippen LogP contribution is -2.62. The Hall–Kier alpha value is -4.96. The minimum atomic E-state index is -1.43. The lowest BCUT2D eigenvalue weighted by Gasteiger charge is -2.43. The molecule has 0 saturated carbocycles. The fraction of sp³-hybridized carbons (Fsp3) is 0.441. The monoisotopic (exact) mass is 713 g/mol. The van der Waals surface area contributed by atoms with Crippen molar-refractivity contribution in [2.45, 2.75) is 70.7 Å². The van der Waals surface area contributed by atoms with Crippen LogP contribution in [-0.4, -0.2) is 97.7 Å². The lowest BCUT2D eigenvalue weighted by atomic mass is 9.97. The molecule has 4 rings (SSSR count). The fourth-order valence-electron chi connectivity index (χ4n) is 5.67. The van der Waals surface area contributed by atoms with Crippen LogP contribution in [0.15, 0.2) is 53.5 Å². The molecule has 2 aromatic carbocycles. The molecule has 5 atom stereocenters. The molecule has 50 heavy (non-hydrogen) atoms. The molecular weight excluding hydrogens is 674 g/mol. The lowest BCUT2D eigenvalue weighted by molar-refractivity contribution is -0.250. The van der Waals surface area contributed by atoms with Crippen molar-refractivity contribution in [3.8, 4) is 11.1 Å². The van der Waals surface area contributed by atoms with E-state index in [1.807, 2.05) is 48.5 Å². The summed E-state index contributed by atoms with van der Waals surface area (Å²) in [5.41, 5.74) is 4.34. The average Bonchev–Trinajstić information content (AvgIpc) is 3.38. The van der Waals surface area contributed by atoms with E-state index in [2.05, 4.69) is 15.6 Å². The second-order valence-electron chi connectivity index (χ2n) is 11.3. The van der Waals surface area contributed by atoms with Gasteiger partial charge in [-0.2, -0.15) is 0 Å². The Morgan fingerprint density at radius 2 is 1.30 bits per heavy atom. The normalized spacial score (nSPS) is 21.1. The van der Waals surface area contributed by atoms with E-state index in [9.17, 15) is 28.8 Å². The van der Waals surface area contributed by atoms with Gasteiger partial charge in [-0.3, -0.25) is 24.0 Å². The van der Waals surface area contributed by atoms with Crippen molar-refractivity contribution in [1.82, 2.24) is 10.6 Å². The summed E-state index contributed by atoms with van der Waals surface area (Å²) >= 11 is 1.02. The average molecular weight is 714 g/mol. The van der Waals surface area contributed by atoms with Gasteiger partial charge in [0.05, 0.1) is 0 Å². The van der Waals surface area contributed by atoms with Crippen molar-refractivity contribution in [2.24, 2.45) is 4.99 Å². The fourth-order valence-corrected chi connectivity index (χ4v) is 6.10. The number of esters is 4. The number of aliphatic imine (C=N–C) groups is 1. The van der Waals surface area contributed by atoms with Gasteiger partial charge in [-0.1, -0.05) is 60.3 Å². The number of fused-ring (bicyclic) bond motifs is 3. The number of ether oxygens (including phenoxy) is 6. The number of nitrogens with one attached hydrogen (secondary N) is 2. The Labute approximate surface area is 292 Å². The first-order valence-corrected chi connectivity index (χ1v) is 16.9. The van der Waals surface area contributed by atoms with E-state index in [1.54, 1.807) is 6.26 Å². The minimum absolute atomic E-state index is 0.0250. The highest BCUT2D eigenvalue weighted by Gasteiger charge is 2.52. The standard InChI is InChI=1S/C34H39N3O12S/c1-18(38)44-17-27-29(46-19(2)39)30(47-20(3)40)31(48-21(4)41)32(49-27)37-33(50-5)36-28(42)14-15-35-34(43)45-16-26-24-12-8-6-10-22(24)23-11-7-9-13-25(23)26/h6-13,26-27,29-32H,14-17H2,1-5H3,(H,35,43)(H,36,37,42)/t27-,29+,30+,31-,32?/m1/s1. The maximum atomic E-state index is 12.9. The summed E-state index contributed by atoms with van der Waals surface area (Å²) in [5.74, 6) is -3.65. The zero-order valence-corrected chi connectivity index (χ0v) is 29.0. The van der Waals surface area contributed by atoms with Gasteiger partial charge in [0.25, 0.3) is 0 Å². The van der Waals surface area contributed by atoms with Gasteiger partial charge in [-0.05, 0) is 28.5 Å². The van der Waals surface area contributed by atoms with Crippen LogP contribution < -0.4 is 10.6 Å². The smallest absolute Gasteiger partial charge is 0.407 e. The Bertz CT molecular complexity index is 1590. The van der Waals surface area contributed by atoms with Gasteiger partial charge in [0.15, 0.2) is 29.7 Å². The van der Waals surface area contributed by atoms with Crippen LogP contribution in [0.2, 0.25) is 0 Å². The molecule has 2 amide bonds. The molecule has 0 aromatic heterocycles. The second kappa shape index (κ2) is 17.6. The molecule has 0 spiro atoms. The van der Waals surface area contributed by atoms with Crippen molar-refractivity contribution in [3.05, 3.63) is 59.7 Å². The van der Waals surface area contributed by atoms with Crippen LogP contribution in [0.5, 0.6) is 0 Å². The highest BCUT2D eigenvalue weighted by molar-refractivity contribution is 8.13. The third kappa shape index (κ3) is 10.0. The van der Waals surface area contributed by atoms with Crippen LogP contribution in [0, 0.1) is 0 Å². The van der Waals surface area contributed by atoms with E-state index in [0.29, 0.717) is 0 Å². The van der Waals surface area contributed by atoms with Gasteiger partial charge in [0.1, 0.15) is 19.3 Å². The van der Waals surface area contributed by atoms with Crippen molar-refractivity contribution >= 4 is 52.8 Å². The number of carbonyl (C=O) groups is 6. The van der Waals surface area contributed by atoms with Crippen molar-refractivity contribution < 1.29 is 57.2 Å². The van der Waals surface area contributed by atoms with Gasteiger partial charge < -0.3 is 39.1 Å². The molecule has 16 heteroatoms. The Morgan fingerprint density at radius 3 is 1.86 bits per heavy atom. The number of nitrogens with zero attached hydrogens (tertiary/aromatic N) is 1. The third-order valence-corrected chi connectivity index (χ3v) is 8.21. The van der Waals surface area contributed by atoms with E-state index >= 15 is 0 Å². The first-order chi connectivity index (χ1) is 23.9. The number of hydrogen-bond donors (Lipinski definition) is 2. The number of amides is 2. The third-order valence-electron chi connectivity index (χ3n) is 7.62. The molecule has 0 radical (unpaired) electrons. The number of carbonyl (C=O) groups excluding carboxylic acids is 6. The van der Waals surface area contributed by atoms with Crippen LogP contribution >= 0.6 is 11.8 Å². The van der Waals surface area contributed by atoms with Gasteiger partial charge >= 0.3 is 30.0 Å². The van der Waals surface area contributed by atoms with E-state index in [4.69, 9.17) is 28.4 Å². The molecule has 0 bridgehead atoms. The molecule has 1 fully saturated rings. The summed E-state index contributed by atoms with van der Waals surface area (Å²) in [7, 11) is 0. The molecule has 2 N–H and O–H groups in total. The summed E-state index contributed by atoms with van der Waals surface area (Å²) in [6.45, 7) is 4.13. The quantitative estimate of drug-likeness (QED) is 0.150. The Balaban J connectivity index is 1.39. The molecule has 1 saturated heterocycles. The van der Waals surface area contributed by atoms with Crippen molar-refractivity contribution in [1.29, 1.82) is 0 Å². The van der Waals surface area contributed by atoms with Crippen LogP contribution in [0.1, 0.15) is 51.2 Å². The Kier molecular flexibility index (Phi) is 13.3. The molecule has 1 aliphatic heterocycles. The first kappa shape index (κ1) is 37.9. The second-order valence-corrected chi connectivity index (χ2v) is 12.1.